The van der Waals surface area contributed by atoms with E-state index in [1.165, 1.54) is 0 Å². The van der Waals surface area contributed by atoms with Crippen molar-refractivity contribution in [3.8, 4) is 6.07 Å². The summed E-state index contributed by atoms with van der Waals surface area (Å²) in [6, 6.07) is 7.53. The Kier molecular flexibility index (Phi) is 6.69. The van der Waals surface area contributed by atoms with Crippen molar-refractivity contribution in [2.24, 2.45) is 0 Å². The maximum atomic E-state index is 12.4. The lowest BCUT2D eigenvalue weighted by atomic mass is 10.1. The molecule has 0 radical (unpaired) electrons. The zero-order chi connectivity index (χ0) is 18.2. The molecule has 7 nitrogen and oxygen atoms in total. The lowest BCUT2D eigenvalue weighted by Crippen LogP contribution is -2.21. The van der Waals surface area contributed by atoms with Crippen LogP contribution < -0.4 is 10.9 Å². The first-order chi connectivity index (χ1) is 12.1. The van der Waals surface area contributed by atoms with Crippen molar-refractivity contribution in [1.82, 2.24) is 15.3 Å². The van der Waals surface area contributed by atoms with Crippen molar-refractivity contribution < 1.29 is 9.84 Å². The van der Waals surface area contributed by atoms with Gasteiger partial charge in [0.15, 0.2) is 5.82 Å². The molecule has 1 aromatic heterocycles. The molecule has 0 bridgehead atoms. The van der Waals surface area contributed by atoms with Gasteiger partial charge in [-0.25, -0.2) is 4.98 Å². The number of aryl methyl sites for hydroxylation is 1. The highest BCUT2D eigenvalue weighted by molar-refractivity contribution is 5.82. The molecule has 0 aliphatic rings. The summed E-state index contributed by atoms with van der Waals surface area (Å²) < 4.78 is 5.01. The number of nitriles is 1. The molecule has 0 amide bonds. The van der Waals surface area contributed by atoms with Crippen molar-refractivity contribution in [3.05, 3.63) is 45.6 Å². The Balaban J connectivity index is 2.51. The summed E-state index contributed by atoms with van der Waals surface area (Å²) in [5.74, 6) is 0.224. The number of nitrogens with zero attached hydrogens (tertiary/aromatic N) is 2. The van der Waals surface area contributed by atoms with Crippen LogP contribution in [-0.4, -0.2) is 41.9 Å². The molecule has 0 fully saturated rings. The zero-order valence-corrected chi connectivity index (χ0v) is 14.4. The van der Waals surface area contributed by atoms with Crippen molar-refractivity contribution in [1.29, 1.82) is 5.26 Å². The number of nitrogens with one attached hydrogen (secondary N) is 2. The molecule has 1 aromatic carbocycles. The largest absolute Gasteiger partial charge is 0.396 e. The van der Waals surface area contributed by atoms with Gasteiger partial charge in [0.25, 0.3) is 5.56 Å². The Labute approximate surface area is 146 Å². The Morgan fingerprint density at radius 2 is 2.28 bits per heavy atom. The molecule has 2 aromatic rings. The van der Waals surface area contributed by atoms with Gasteiger partial charge in [-0.15, -0.1) is 0 Å². The number of allylic oxidation sites excluding steroid dienone is 2. The molecule has 0 saturated carbocycles. The third-order valence-corrected chi connectivity index (χ3v) is 3.74. The summed E-state index contributed by atoms with van der Waals surface area (Å²) in [4.78, 5) is 19.5. The lowest BCUT2D eigenvalue weighted by Gasteiger charge is -2.13. The van der Waals surface area contributed by atoms with Gasteiger partial charge in [0.2, 0.25) is 0 Å². The molecule has 1 heterocycles. The average Bonchev–Trinajstić information content (AvgIpc) is 2.60. The summed E-state index contributed by atoms with van der Waals surface area (Å²) in [6.45, 7) is 2.90. The van der Waals surface area contributed by atoms with E-state index in [2.05, 4.69) is 21.4 Å². The number of hydrogen-bond acceptors (Lipinski definition) is 6. The van der Waals surface area contributed by atoms with E-state index in [0.717, 1.165) is 5.56 Å². The van der Waals surface area contributed by atoms with Gasteiger partial charge in [-0.1, -0.05) is 11.6 Å². The molecule has 0 atom stereocenters. The van der Waals surface area contributed by atoms with E-state index >= 15 is 0 Å². The highest BCUT2D eigenvalue weighted by Gasteiger charge is 2.13. The van der Waals surface area contributed by atoms with Gasteiger partial charge in [0.05, 0.1) is 17.5 Å². The first-order valence-corrected chi connectivity index (χ1v) is 8.08. The first kappa shape index (κ1) is 18.6. The zero-order valence-electron chi connectivity index (χ0n) is 14.4. The van der Waals surface area contributed by atoms with E-state index in [4.69, 9.17) is 9.84 Å². The number of hydrogen-bond donors (Lipinski definition) is 3. The van der Waals surface area contributed by atoms with Crippen molar-refractivity contribution in [2.45, 2.75) is 19.8 Å². The number of ether oxygens (including phenoxy) is 1. The topological polar surface area (TPSA) is 111 Å². The maximum Gasteiger partial charge on any atom is 0.259 e. The number of aromatic amines is 1. The van der Waals surface area contributed by atoms with Crippen LogP contribution >= 0.6 is 0 Å². The smallest absolute Gasteiger partial charge is 0.259 e. The van der Waals surface area contributed by atoms with Crippen LogP contribution in [0, 0.1) is 18.3 Å². The molecule has 0 aliphatic heterocycles. The summed E-state index contributed by atoms with van der Waals surface area (Å²) in [6.07, 6.45) is 0.969. The van der Waals surface area contributed by atoms with Crippen LogP contribution in [0.25, 0.3) is 16.5 Å². The maximum absolute atomic E-state index is 12.4. The van der Waals surface area contributed by atoms with E-state index in [1.807, 2.05) is 13.0 Å². The summed E-state index contributed by atoms with van der Waals surface area (Å²) in [7, 11) is 1.59. The molecule has 7 heteroatoms. The van der Waals surface area contributed by atoms with Gasteiger partial charge in [-0.3, -0.25) is 4.79 Å². The summed E-state index contributed by atoms with van der Waals surface area (Å²) in [5.41, 5.74) is 2.12. The molecular weight excluding hydrogens is 320 g/mol. The second kappa shape index (κ2) is 8.97. The molecule has 132 valence electrons. The average molecular weight is 342 g/mol. The normalized spacial score (nSPS) is 11.9. The SMILES string of the molecule is COCCN/C(CCCO)=C(/C#N)c1nc2ccc(C)cc2c(=O)[nH]1. The fourth-order valence-corrected chi connectivity index (χ4v) is 2.50. The van der Waals surface area contributed by atoms with E-state index < -0.39 is 0 Å². The van der Waals surface area contributed by atoms with Gasteiger partial charge in [-0.05, 0) is 31.9 Å². The fourth-order valence-electron chi connectivity index (χ4n) is 2.50. The van der Waals surface area contributed by atoms with Crippen LogP contribution in [0.3, 0.4) is 0 Å². The Morgan fingerprint density at radius 3 is 2.96 bits per heavy atom. The monoisotopic (exact) mass is 342 g/mol. The quantitative estimate of drug-likeness (QED) is 0.495. The summed E-state index contributed by atoms with van der Waals surface area (Å²) in [5, 5.41) is 22.3. The number of methoxy groups -OCH3 is 1. The number of aromatic nitrogens is 2. The molecule has 25 heavy (non-hydrogen) atoms. The van der Waals surface area contributed by atoms with Gasteiger partial charge in [0, 0.05) is 26.0 Å². The number of benzene rings is 1. The molecule has 2 rings (SSSR count). The van der Waals surface area contributed by atoms with Crippen LogP contribution in [0.1, 0.15) is 24.2 Å². The van der Waals surface area contributed by atoms with Crippen molar-refractivity contribution in [3.63, 3.8) is 0 Å². The summed E-state index contributed by atoms with van der Waals surface area (Å²) >= 11 is 0. The fraction of sp³-hybridized carbons (Fsp3) is 0.389. The minimum Gasteiger partial charge on any atom is -0.396 e. The standard InChI is InChI=1S/C18H22N4O3/c1-12-5-6-16-13(10-12)18(24)22-17(21-16)14(11-19)15(4-3-8-23)20-7-9-25-2/h5-6,10,20,23H,3-4,7-9H2,1-2H3,(H,21,22,24)/b15-14-. The predicted octanol–water partition coefficient (Wildman–Crippen LogP) is 1.47. The van der Waals surface area contributed by atoms with Crippen molar-refractivity contribution >= 4 is 16.5 Å². The highest BCUT2D eigenvalue weighted by Crippen LogP contribution is 2.18. The van der Waals surface area contributed by atoms with Crippen LogP contribution in [0.2, 0.25) is 0 Å². The van der Waals surface area contributed by atoms with Gasteiger partial charge in [0.1, 0.15) is 11.6 Å². The molecule has 0 unspecified atom stereocenters. The predicted molar refractivity (Wildman–Crippen MR) is 95.8 cm³/mol. The van der Waals surface area contributed by atoms with Gasteiger partial charge in [-0.2, -0.15) is 5.26 Å². The van der Waals surface area contributed by atoms with Crippen LogP contribution in [0.15, 0.2) is 28.7 Å². The molecular formula is C18H22N4O3. The minimum absolute atomic E-state index is 0.00904. The number of rotatable bonds is 8. The van der Waals surface area contributed by atoms with E-state index in [9.17, 15) is 10.1 Å². The highest BCUT2D eigenvalue weighted by atomic mass is 16.5. The van der Waals surface area contributed by atoms with Crippen molar-refractivity contribution in [2.75, 3.05) is 26.9 Å². The third kappa shape index (κ3) is 4.66. The Hall–Kier alpha value is -2.69. The molecule has 0 spiro atoms. The number of fused-ring (bicyclic) bond motifs is 1. The Bertz CT molecular complexity index is 865. The number of H-pyrrole nitrogens is 1. The van der Waals surface area contributed by atoms with Crippen LogP contribution in [0.5, 0.6) is 0 Å². The molecule has 3 N–H and O–H groups in total. The van der Waals surface area contributed by atoms with E-state index in [1.54, 1.807) is 19.2 Å². The van der Waals surface area contributed by atoms with Crippen LogP contribution in [-0.2, 0) is 4.74 Å². The van der Waals surface area contributed by atoms with Crippen LogP contribution in [0.4, 0.5) is 0 Å². The van der Waals surface area contributed by atoms with Gasteiger partial charge >= 0.3 is 0 Å². The second-order valence-electron chi connectivity index (χ2n) is 5.65. The first-order valence-electron chi connectivity index (χ1n) is 8.08. The van der Waals surface area contributed by atoms with E-state index in [-0.39, 0.29) is 23.6 Å². The Morgan fingerprint density at radius 1 is 1.48 bits per heavy atom. The number of aliphatic hydroxyl groups is 1. The van der Waals surface area contributed by atoms with E-state index in [0.29, 0.717) is 42.6 Å². The number of aliphatic hydroxyl groups excluding tert-OH is 1. The molecule has 0 aliphatic carbocycles. The minimum atomic E-state index is -0.283. The lowest BCUT2D eigenvalue weighted by molar-refractivity contribution is 0.201. The second-order valence-corrected chi connectivity index (χ2v) is 5.65. The third-order valence-electron chi connectivity index (χ3n) is 3.74. The molecule has 0 saturated heterocycles. The van der Waals surface area contributed by atoms with Gasteiger partial charge < -0.3 is 20.1 Å².